The maximum absolute atomic E-state index is 8.57. The number of benzene rings is 9. The van der Waals surface area contributed by atoms with E-state index in [9.17, 15) is 0 Å². The number of hydrogen-bond acceptors (Lipinski definition) is 3. The molecule has 0 bridgehead atoms. The SMILES string of the molecule is [2H]c1c([2H])c([2H])c(-c2ccc(N(c3ccc(-c4ccc5c(c4)-c4cccc6cccc(c46)N5c4ccccc4)cc3)c3ccc4oc5ccccc5c4c3)cc2)c([2H])c1[2H]. The minimum Gasteiger partial charge on any atom is -0.456 e. The first-order valence-corrected chi connectivity index (χ1v) is 18.3. The molecular weight excluding hydrogens is 669 g/mol. The van der Waals surface area contributed by atoms with Gasteiger partial charge in [0, 0.05) is 44.5 Å². The van der Waals surface area contributed by atoms with Crippen LogP contribution >= 0.6 is 0 Å². The van der Waals surface area contributed by atoms with Crippen LogP contribution in [0.3, 0.4) is 0 Å². The third-order valence-electron chi connectivity index (χ3n) is 10.7. The predicted molar refractivity (Wildman–Crippen MR) is 230 cm³/mol. The Kier molecular flexibility index (Phi) is 6.07. The molecule has 3 heteroatoms. The van der Waals surface area contributed by atoms with E-state index in [1.165, 1.54) is 27.6 Å². The average molecular weight is 708 g/mol. The maximum Gasteiger partial charge on any atom is 0.135 e. The highest BCUT2D eigenvalue weighted by atomic mass is 16.3. The van der Waals surface area contributed by atoms with Crippen LogP contribution in [-0.4, -0.2) is 0 Å². The van der Waals surface area contributed by atoms with Crippen molar-refractivity contribution in [2.24, 2.45) is 0 Å². The molecule has 0 saturated heterocycles. The van der Waals surface area contributed by atoms with Gasteiger partial charge in [-0.05, 0) is 112 Å². The maximum atomic E-state index is 8.57. The number of fused-ring (bicyclic) bond motifs is 5. The largest absolute Gasteiger partial charge is 0.456 e. The van der Waals surface area contributed by atoms with Gasteiger partial charge in [-0.1, -0.05) is 127 Å². The number of anilines is 6. The number of nitrogens with zero attached hydrogens (tertiary/aromatic N) is 2. The molecular formula is C52H34N2O. The summed E-state index contributed by atoms with van der Waals surface area (Å²) < 4.78 is 47.8. The van der Waals surface area contributed by atoms with Crippen molar-refractivity contribution in [3.8, 4) is 33.4 Å². The molecule has 1 aliphatic rings. The van der Waals surface area contributed by atoms with Crippen molar-refractivity contribution in [1.29, 1.82) is 0 Å². The fourth-order valence-electron chi connectivity index (χ4n) is 8.12. The van der Waals surface area contributed by atoms with E-state index >= 15 is 0 Å². The summed E-state index contributed by atoms with van der Waals surface area (Å²) in [5.74, 6) is 0. The first-order valence-electron chi connectivity index (χ1n) is 20.8. The van der Waals surface area contributed by atoms with Gasteiger partial charge in [-0.15, -0.1) is 0 Å². The first-order chi connectivity index (χ1) is 29.3. The minimum atomic E-state index is -0.408. The summed E-state index contributed by atoms with van der Waals surface area (Å²) in [5, 5.41) is 4.46. The van der Waals surface area contributed by atoms with Crippen LogP contribution in [0, 0.1) is 0 Å². The second-order valence-corrected chi connectivity index (χ2v) is 13.8. The van der Waals surface area contributed by atoms with Gasteiger partial charge in [-0.3, -0.25) is 0 Å². The van der Waals surface area contributed by atoms with Crippen LogP contribution in [0.5, 0.6) is 0 Å². The van der Waals surface area contributed by atoms with Gasteiger partial charge in [-0.25, -0.2) is 0 Å². The molecule has 0 fully saturated rings. The number of hydrogen-bond donors (Lipinski definition) is 0. The van der Waals surface area contributed by atoms with Crippen LogP contribution in [0.2, 0.25) is 0 Å². The van der Waals surface area contributed by atoms with Gasteiger partial charge in [0.05, 0.1) is 18.2 Å². The van der Waals surface area contributed by atoms with E-state index in [0.717, 1.165) is 61.5 Å². The lowest BCUT2D eigenvalue weighted by atomic mass is 9.89. The summed E-state index contributed by atoms with van der Waals surface area (Å²) in [5.41, 5.74) is 13.0. The highest BCUT2D eigenvalue weighted by molar-refractivity contribution is 6.14. The van der Waals surface area contributed by atoms with Crippen molar-refractivity contribution in [3.63, 3.8) is 0 Å². The summed E-state index contributed by atoms with van der Waals surface area (Å²) in [6.07, 6.45) is 0. The molecule has 0 amide bonds. The summed E-state index contributed by atoms with van der Waals surface area (Å²) in [6, 6.07) is 59.0. The lowest BCUT2D eigenvalue weighted by Crippen LogP contribution is -2.15. The van der Waals surface area contributed by atoms with Gasteiger partial charge in [0.1, 0.15) is 11.2 Å². The second-order valence-electron chi connectivity index (χ2n) is 13.8. The van der Waals surface area contributed by atoms with Gasteiger partial charge in [-0.2, -0.15) is 0 Å². The van der Waals surface area contributed by atoms with Crippen LogP contribution in [0.25, 0.3) is 66.1 Å². The molecule has 1 aromatic heterocycles. The van der Waals surface area contributed by atoms with E-state index < -0.39 is 6.04 Å². The molecule has 0 aliphatic carbocycles. The normalized spacial score (nSPS) is 13.2. The van der Waals surface area contributed by atoms with Gasteiger partial charge in [0.15, 0.2) is 0 Å². The van der Waals surface area contributed by atoms with Crippen molar-refractivity contribution in [2.45, 2.75) is 0 Å². The van der Waals surface area contributed by atoms with Crippen LogP contribution < -0.4 is 9.80 Å². The first kappa shape index (κ1) is 26.4. The zero-order valence-electron chi connectivity index (χ0n) is 34.5. The smallest absolute Gasteiger partial charge is 0.135 e. The topological polar surface area (TPSA) is 19.6 Å². The molecule has 0 radical (unpaired) electrons. The Morgan fingerprint density at radius 1 is 0.436 bits per heavy atom. The molecule has 0 atom stereocenters. The van der Waals surface area contributed by atoms with Crippen LogP contribution in [0.15, 0.2) is 211 Å². The van der Waals surface area contributed by atoms with Gasteiger partial charge in [0.25, 0.3) is 0 Å². The fourth-order valence-corrected chi connectivity index (χ4v) is 8.12. The van der Waals surface area contributed by atoms with E-state index in [1.54, 1.807) is 0 Å². The Morgan fingerprint density at radius 3 is 1.87 bits per heavy atom. The van der Waals surface area contributed by atoms with Crippen LogP contribution in [0.1, 0.15) is 6.85 Å². The molecule has 0 unspecified atom stereocenters. The monoisotopic (exact) mass is 707 g/mol. The fraction of sp³-hybridized carbons (Fsp3) is 0. The molecule has 2 heterocycles. The molecule has 55 heavy (non-hydrogen) atoms. The zero-order chi connectivity index (χ0) is 40.6. The summed E-state index contributed by atoms with van der Waals surface area (Å²) >= 11 is 0. The van der Waals surface area contributed by atoms with E-state index in [1.807, 2.05) is 60.7 Å². The van der Waals surface area contributed by atoms with Crippen molar-refractivity contribution >= 4 is 66.8 Å². The summed E-state index contributed by atoms with van der Waals surface area (Å²) in [4.78, 5) is 4.53. The Hall–Kier alpha value is -7.36. The quantitative estimate of drug-likeness (QED) is 0.172. The molecule has 0 N–H and O–H groups in total. The molecule has 0 spiro atoms. The Labute approximate surface area is 326 Å². The molecule has 11 rings (SSSR count). The van der Waals surface area contributed by atoms with Crippen LogP contribution in [0.4, 0.5) is 34.1 Å². The zero-order valence-corrected chi connectivity index (χ0v) is 29.5. The van der Waals surface area contributed by atoms with Gasteiger partial charge < -0.3 is 14.2 Å². The number of para-hydroxylation sites is 2. The summed E-state index contributed by atoms with van der Waals surface area (Å²) in [7, 11) is 0. The third-order valence-corrected chi connectivity index (χ3v) is 10.7. The molecule has 10 aromatic rings. The highest BCUT2D eigenvalue weighted by Gasteiger charge is 2.26. The van der Waals surface area contributed by atoms with E-state index in [4.69, 9.17) is 11.3 Å². The van der Waals surface area contributed by atoms with Crippen molar-refractivity contribution < 1.29 is 11.3 Å². The van der Waals surface area contributed by atoms with Crippen molar-refractivity contribution in [3.05, 3.63) is 206 Å². The number of furan rings is 1. The van der Waals surface area contributed by atoms with Gasteiger partial charge in [0.2, 0.25) is 0 Å². The standard InChI is InChI=1S/C52H34N2O/c1-3-11-35(12-4-1)36-21-26-41(27-22-36)53(43-30-32-51-47(34-43)44-17-7-8-20-50(44)55-51)42-28-23-37(24-29-42)39-25-31-48-46(33-39)45-18-9-13-38-14-10-19-49(52(38)45)54(48)40-15-5-2-6-16-40/h1-34H/i1D,3D,4D,11D,12D. The average Bonchev–Trinajstić information content (AvgIpc) is 3.67. The Bertz CT molecular complexity index is 3290. The molecule has 0 saturated carbocycles. The lowest BCUT2D eigenvalue weighted by molar-refractivity contribution is 0.669. The van der Waals surface area contributed by atoms with Crippen molar-refractivity contribution in [2.75, 3.05) is 9.80 Å². The molecule has 3 nitrogen and oxygen atoms in total. The second kappa shape index (κ2) is 12.6. The Morgan fingerprint density at radius 2 is 1.09 bits per heavy atom. The van der Waals surface area contributed by atoms with Crippen molar-refractivity contribution in [1.82, 2.24) is 0 Å². The molecule has 1 aliphatic heterocycles. The lowest BCUT2D eigenvalue weighted by Gasteiger charge is -2.33. The number of rotatable bonds is 6. The Balaban J connectivity index is 1.02. The minimum absolute atomic E-state index is 0.173. The third kappa shape index (κ3) is 5.20. The summed E-state index contributed by atoms with van der Waals surface area (Å²) in [6.45, 7) is 0. The van der Waals surface area contributed by atoms with E-state index in [2.05, 4.69) is 125 Å². The highest BCUT2D eigenvalue weighted by Crippen LogP contribution is 2.51. The van der Waals surface area contributed by atoms with Gasteiger partial charge >= 0.3 is 0 Å². The van der Waals surface area contributed by atoms with E-state index in [-0.39, 0.29) is 29.7 Å². The predicted octanol–water partition coefficient (Wildman–Crippen LogP) is 15.0. The van der Waals surface area contributed by atoms with Crippen LogP contribution in [-0.2, 0) is 0 Å². The van der Waals surface area contributed by atoms with E-state index in [0.29, 0.717) is 5.56 Å². The molecule has 258 valence electrons. The molecule has 9 aromatic carbocycles.